The minimum atomic E-state index is -0.561. The Bertz CT molecular complexity index is 1320. The third-order valence-corrected chi connectivity index (χ3v) is 5.52. The molecule has 0 saturated carbocycles. The smallest absolute Gasteiger partial charge is 0.263 e. The lowest BCUT2D eigenvalue weighted by Crippen LogP contribution is -2.29. The summed E-state index contributed by atoms with van der Waals surface area (Å²) < 4.78 is 12.6. The van der Waals surface area contributed by atoms with E-state index in [-0.39, 0.29) is 5.56 Å². The molecule has 0 saturated heterocycles. The summed E-state index contributed by atoms with van der Waals surface area (Å²) in [5, 5.41) is 15.9. The van der Waals surface area contributed by atoms with Crippen LogP contribution in [-0.2, 0) is 13.6 Å². The third-order valence-electron chi connectivity index (χ3n) is 5.52. The fourth-order valence-corrected chi connectivity index (χ4v) is 3.87. The maximum absolute atomic E-state index is 13.1. The van der Waals surface area contributed by atoms with Crippen LogP contribution in [0.25, 0.3) is 11.1 Å². The Morgan fingerprint density at radius 2 is 1.94 bits per heavy atom. The zero-order valence-corrected chi connectivity index (χ0v) is 19.2. The van der Waals surface area contributed by atoms with Gasteiger partial charge in [0.1, 0.15) is 24.8 Å². The lowest BCUT2D eigenvalue weighted by atomic mass is 9.98. The van der Waals surface area contributed by atoms with Crippen molar-refractivity contribution in [2.45, 2.75) is 19.9 Å². The van der Waals surface area contributed by atoms with Gasteiger partial charge >= 0.3 is 0 Å². The van der Waals surface area contributed by atoms with Gasteiger partial charge in [0.05, 0.1) is 11.3 Å². The molecule has 2 heterocycles. The minimum absolute atomic E-state index is 0.0203. The Balaban J connectivity index is 1.65. The fourth-order valence-electron chi connectivity index (χ4n) is 3.87. The largest absolute Gasteiger partial charge is 0.486 e. The number of aromatic nitrogens is 1. The van der Waals surface area contributed by atoms with Crippen LogP contribution in [0.15, 0.2) is 53.5 Å². The second-order valence-corrected chi connectivity index (χ2v) is 8.01. The number of amides is 1. The van der Waals surface area contributed by atoms with E-state index in [4.69, 9.17) is 9.47 Å². The standard InChI is InChI=1S/C26H26N4O4/c1-3-9-28-15-17-12-20(26(32)30(2)16-17)25(31)29-22-6-4-5-19(21(22)14-27)18-7-8-23-24(13-18)34-11-10-33-23/h4-8,12-13,16,28H,3,9-11,15H2,1-2H3,(H,29,31). The number of nitriles is 1. The van der Waals surface area contributed by atoms with Gasteiger partial charge in [0, 0.05) is 25.4 Å². The molecule has 0 unspecified atom stereocenters. The minimum Gasteiger partial charge on any atom is -0.486 e. The van der Waals surface area contributed by atoms with Gasteiger partial charge in [-0.3, -0.25) is 9.59 Å². The first kappa shape index (κ1) is 23.1. The Kier molecular flexibility index (Phi) is 6.95. The van der Waals surface area contributed by atoms with Gasteiger partial charge in [-0.05, 0) is 48.4 Å². The van der Waals surface area contributed by atoms with Gasteiger partial charge < -0.3 is 24.7 Å². The number of aryl methyl sites for hydroxylation is 1. The number of nitrogens with one attached hydrogen (secondary N) is 2. The van der Waals surface area contributed by atoms with Crippen molar-refractivity contribution in [1.29, 1.82) is 5.26 Å². The van der Waals surface area contributed by atoms with E-state index in [2.05, 4.69) is 23.6 Å². The molecule has 2 aromatic carbocycles. The van der Waals surface area contributed by atoms with Crippen LogP contribution in [0.5, 0.6) is 11.5 Å². The topological polar surface area (TPSA) is 105 Å². The number of anilines is 1. The number of benzene rings is 2. The van der Waals surface area contributed by atoms with Gasteiger partial charge in [0.15, 0.2) is 11.5 Å². The van der Waals surface area contributed by atoms with Crippen LogP contribution in [-0.4, -0.2) is 30.2 Å². The van der Waals surface area contributed by atoms with Crippen molar-refractivity contribution in [3.8, 4) is 28.7 Å². The first-order chi connectivity index (χ1) is 16.5. The van der Waals surface area contributed by atoms with E-state index in [0.29, 0.717) is 48.1 Å². The van der Waals surface area contributed by atoms with Crippen molar-refractivity contribution >= 4 is 11.6 Å². The number of nitrogens with zero attached hydrogens (tertiary/aromatic N) is 2. The second kappa shape index (κ2) is 10.2. The Morgan fingerprint density at radius 3 is 2.71 bits per heavy atom. The van der Waals surface area contributed by atoms with E-state index in [1.165, 1.54) is 4.57 Å². The Hall–Kier alpha value is -4.09. The fraction of sp³-hybridized carbons (Fsp3) is 0.269. The number of hydrogen-bond donors (Lipinski definition) is 2. The van der Waals surface area contributed by atoms with E-state index in [0.717, 1.165) is 24.1 Å². The van der Waals surface area contributed by atoms with E-state index in [9.17, 15) is 14.9 Å². The normalized spacial score (nSPS) is 12.1. The van der Waals surface area contributed by atoms with Crippen molar-refractivity contribution in [2.24, 2.45) is 7.05 Å². The van der Waals surface area contributed by atoms with E-state index in [1.54, 1.807) is 43.6 Å². The summed E-state index contributed by atoms with van der Waals surface area (Å²) in [4.78, 5) is 25.7. The van der Waals surface area contributed by atoms with Gasteiger partial charge in [0.25, 0.3) is 11.5 Å². The van der Waals surface area contributed by atoms with E-state index < -0.39 is 11.5 Å². The van der Waals surface area contributed by atoms with Crippen LogP contribution in [0.1, 0.15) is 34.8 Å². The molecule has 4 rings (SSSR count). The first-order valence-electron chi connectivity index (χ1n) is 11.2. The van der Waals surface area contributed by atoms with Crippen LogP contribution in [0.4, 0.5) is 5.69 Å². The third kappa shape index (κ3) is 4.80. The zero-order valence-electron chi connectivity index (χ0n) is 19.2. The average Bonchev–Trinajstić information content (AvgIpc) is 2.85. The quantitative estimate of drug-likeness (QED) is 0.526. The summed E-state index contributed by atoms with van der Waals surface area (Å²) in [6, 6.07) is 14.5. The maximum atomic E-state index is 13.1. The van der Waals surface area contributed by atoms with E-state index >= 15 is 0 Å². The highest BCUT2D eigenvalue weighted by Gasteiger charge is 2.19. The van der Waals surface area contributed by atoms with Crippen LogP contribution in [0, 0.1) is 11.3 Å². The molecular weight excluding hydrogens is 432 g/mol. The highest BCUT2D eigenvalue weighted by molar-refractivity contribution is 6.05. The molecule has 8 nitrogen and oxygen atoms in total. The highest BCUT2D eigenvalue weighted by Crippen LogP contribution is 2.37. The molecule has 1 aromatic heterocycles. The summed E-state index contributed by atoms with van der Waals surface area (Å²) >= 11 is 0. The van der Waals surface area contributed by atoms with E-state index in [1.807, 2.05) is 12.1 Å². The Labute approximate surface area is 197 Å². The molecule has 3 aromatic rings. The maximum Gasteiger partial charge on any atom is 0.263 e. The van der Waals surface area contributed by atoms with Crippen LogP contribution in [0.3, 0.4) is 0 Å². The lowest BCUT2D eigenvalue weighted by Gasteiger charge is -2.19. The van der Waals surface area contributed by atoms with Crippen molar-refractivity contribution in [3.63, 3.8) is 0 Å². The van der Waals surface area contributed by atoms with Crippen molar-refractivity contribution < 1.29 is 14.3 Å². The molecule has 0 fully saturated rings. The van der Waals surface area contributed by atoms with Crippen LogP contribution < -0.4 is 25.7 Å². The van der Waals surface area contributed by atoms with Gasteiger partial charge in [-0.15, -0.1) is 0 Å². The average molecular weight is 459 g/mol. The molecule has 0 spiro atoms. The molecular formula is C26H26N4O4. The SMILES string of the molecule is CCCNCc1cc(C(=O)Nc2cccc(-c3ccc4c(c3)OCCO4)c2C#N)c(=O)n(C)c1. The molecule has 1 aliphatic rings. The number of hydrogen-bond acceptors (Lipinski definition) is 6. The zero-order chi connectivity index (χ0) is 24.1. The van der Waals surface area contributed by atoms with Crippen molar-refractivity contribution in [2.75, 3.05) is 25.1 Å². The number of carbonyl (C=O) groups is 1. The molecule has 8 heteroatoms. The van der Waals surface area contributed by atoms with Crippen molar-refractivity contribution in [1.82, 2.24) is 9.88 Å². The lowest BCUT2D eigenvalue weighted by molar-refractivity contribution is 0.102. The van der Waals surface area contributed by atoms with Gasteiger partial charge in [-0.25, -0.2) is 0 Å². The molecule has 2 N–H and O–H groups in total. The summed E-state index contributed by atoms with van der Waals surface area (Å²) in [7, 11) is 1.62. The van der Waals surface area contributed by atoms with Crippen LogP contribution >= 0.6 is 0 Å². The molecule has 1 amide bonds. The monoisotopic (exact) mass is 458 g/mol. The van der Waals surface area contributed by atoms with Crippen molar-refractivity contribution in [3.05, 3.63) is 75.7 Å². The summed E-state index contributed by atoms with van der Waals surface area (Å²) in [5.74, 6) is 0.704. The van der Waals surface area contributed by atoms with Gasteiger partial charge in [0.2, 0.25) is 0 Å². The summed E-state index contributed by atoms with van der Waals surface area (Å²) in [6.07, 6.45) is 2.70. The Morgan fingerprint density at radius 1 is 1.15 bits per heavy atom. The number of fused-ring (bicyclic) bond motifs is 1. The number of carbonyl (C=O) groups excluding carboxylic acids is 1. The molecule has 174 valence electrons. The van der Waals surface area contributed by atoms with Gasteiger partial charge in [-0.1, -0.05) is 25.1 Å². The molecule has 0 atom stereocenters. The summed E-state index contributed by atoms with van der Waals surface area (Å²) in [6.45, 7) is 4.40. The highest BCUT2D eigenvalue weighted by atomic mass is 16.6. The predicted octanol–water partition coefficient (Wildman–Crippen LogP) is 3.45. The molecule has 0 bridgehead atoms. The molecule has 34 heavy (non-hydrogen) atoms. The number of pyridine rings is 1. The van der Waals surface area contributed by atoms with Crippen LogP contribution in [0.2, 0.25) is 0 Å². The van der Waals surface area contributed by atoms with Gasteiger partial charge in [-0.2, -0.15) is 5.26 Å². The molecule has 1 aliphatic heterocycles. The number of ether oxygens (including phenoxy) is 2. The summed E-state index contributed by atoms with van der Waals surface area (Å²) in [5.41, 5.74) is 2.47. The second-order valence-electron chi connectivity index (χ2n) is 8.01. The predicted molar refractivity (Wildman–Crippen MR) is 129 cm³/mol. The first-order valence-corrected chi connectivity index (χ1v) is 11.2. The molecule has 0 aliphatic carbocycles. The number of rotatable bonds is 7. The molecule has 0 radical (unpaired) electrons.